The Morgan fingerprint density at radius 3 is 2.68 bits per heavy atom. The van der Waals surface area contributed by atoms with Crippen LogP contribution >= 0.6 is 0 Å². The van der Waals surface area contributed by atoms with Crippen LogP contribution in [0.25, 0.3) is 55.1 Å². The first-order valence-corrected chi connectivity index (χ1v) is 9.15. The van der Waals surface area contributed by atoms with Crippen LogP contribution < -0.4 is 9.30 Å². The highest BCUT2D eigenvalue weighted by Gasteiger charge is 2.32. The van der Waals surface area contributed by atoms with Crippen molar-refractivity contribution in [2.75, 3.05) is 0 Å². The van der Waals surface area contributed by atoms with E-state index in [1.807, 2.05) is 12.1 Å². The van der Waals surface area contributed by atoms with E-state index in [0.717, 1.165) is 66.4 Å². The number of ether oxygens (including phenoxy) is 1. The van der Waals surface area contributed by atoms with Gasteiger partial charge in [-0.05, 0) is 31.2 Å². The summed E-state index contributed by atoms with van der Waals surface area (Å²) >= 11 is 0. The Morgan fingerprint density at radius 2 is 1.75 bits per heavy atom. The largest absolute Gasteiger partial charge is 0.464 e. The summed E-state index contributed by atoms with van der Waals surface area (Å²) in [5.41, 5.74) is 4.93. The van der Waals surface area contributed by atoms with E-state index >= 15 is 0 Å². The monoisotopic (exact) mass is 368 g/mol. The molecule has 0 saturated carbocycles. The highest BCUT2D eigenvalue weighted by molar-refractivity contribution is 6.19. The number of rotatable bonds is 0. The lowest BCUT2D eigenvalue weighted by molar-refractivity contribution is -0.659. The van der Waals surface area contributed by atoms with Crippen molar-refractivity contribution >= 4 is 43.9 Å². The van der Waals surface area contributed by atoms with Crippen LogP contribution in [0.1, 0.15) is 5.56 Å². The number of aromatic nitrogens is 1. The summed E-state index contributed by atoms with van der Waals surface area (Å²) < 4.78 is 25.9. The van der Waals surface area contributed by atoms with E-state index in [0.29, 0.717) is 5.78 Å². The third-order valence-electron chi connectivity index (χ3n) is 5.85. The van der Waals surface area contributed by atoms with Crippen LogP contribution in [0.4, 0.5) is 0 Å². The number of furan rings is 3. The van der Waals surface area contributed by atoms with Gasteiger partial charge in [0.1, 0.15) is 35.1 Å². The van der Waals surface area contributed by atoms with Gasteiger partial charge in [-0.15, -0.1) is 0 Å². The molecule has 134 valence electrons. The predicted molar refractivity (Wildman–Crippen MR) is 105 cm³/mol. The molecule has 7 rings (SSSR count). The van der Waals surface area contributed by atoms with Crippen LogP contribution in [0, 0.1) is 6.92 Å². The van der Waals surface area contributed by atoms with Crippen LogP contribution in [0.3, 0.4) is 0 Å². The minimum Gasteiger partial charge on any atom is -0.464 e. The summed E-state index contributed by atoms with van der Waals surface area (Å²) in [6.45, 7) is 2.08. The van der Waals surface area contributed by atoms with Crippen LogP contribution in [-0.4, -0.2) is 0 Å². The summed E-state index contributed by atoms with van der Waals surface area (Å²) in [6, 6.07) is 10.1. The Kier molecular flexibility index (Phi) is 2.34. The van der Waals surface area contributed by atoms with Gasteiger partial charge in [0, 0.05) is 27.8 Å². The molecule has 0 spiro atoms. The van der Waals surface area contributed by atoms with Crippen molar-refractivity contribution in [3.8, 4) is 22.8 Å². The van der Waals surface area contributed by atoms with Crippen molar-refractivity contribution in [2.24, 2.45) is 7.05 Å². The summed E-state index contributed by atoms with van der Waals surface area (Å²) in [7, 11) is 2.05. The predicted octanol–water partition coefficient (Wildman–Crippen LogP) is 5.98. The van der Waals surface area contributed by atoms with Crippen molar-refractivity contribution in [1.29, 1.82) is 0 Å². The Bertz CT molecular complexity index is 1610. The number of benzene rings is 2. The summed E-state index contributed by atoms with van der Waals surface area (Å²) in [5, 5.41) is 5.04. The zero-order chi connectivity index (χ0) is 18.6. The van der Waals surface area contributed by atoms with Gasteiger partial charge in [0.25, 0.3) is 5.78 Å². The minimum absolute atomic E-state index is 0.536. The molecule has 0 bridgehead atoms. The second-order valence-electron chi connectivity index (χ2n) is 7.35. The standard InChI is InChI=1S/C23H14NO4/c1-11-18-16(9-12-4-7-25-21(11)12)27-17-10-15-13-5-8-26-23(13)28-22(15)14-3-6-24(2)20(18)19(14)17/h3-10H,1-2H3/q+1. The van der Waals surface area contributed by atoms with Crippen molar-refractivity contribution in [3.05, 3.63) is 54.6 Å². The van der Waals surface area contributed by atoms with E-state index in [4.69, 9.17) is 18.0 Å². The molecular weight excluding hydrogens is 354 g/mol. The van der Waals surface area contributed by atoms with E-state index < -0.39 is 0 Å². The van der Waals surface area contributed by atoms with Crippen molar-refractivity contribution in [3.63, 3.8) is 0 Å². The summed E-state index contributed by atoms with van der Waals surface area (Å²) in [4.78, 5) is 0. The molecule has 4 aromatic heterocycles. The second kappa shape index (κ2) is 4.57. The SMILES string of the molecule is Cc1c2c(cc3ccoc13)Oc1cc3c4ccoc4oc3c3cc[n+](C)c-2c13. The second-order valence-corrected chi connectivity index (χ2v) is 7.35. The van der Waals surface area contributed by atoms with E-state index in [-0.39, 0.29) is 0 Å². The lowest BCUT2D eigenvalue weighted by Crippen LogP contribution is -2.31. The van der Waals surface area contributed by atoms with Gasteiger partial charge >= 0.3 is 0 Å². The van der Waals surface area contributed by atoms with Crippen molar-refractivity contribution in [1.82, 2.24) is 0 Å². The molecule has 0 amide bonds. The van der Waals surface area contributed by atoms with Gasteiger partial charge in [0.05, 0.1) is 23.5 Å². The minimum atomic E-state index is 0.536. The fourth-order valence-electron chi connectivity index (χ4n) is 4.60. The molecule has 0 fully saturated rings. The maximum absolute atomic E-state index is 6.44. The zero-order valence-electron chi connectivity index (χ0n) is 15.2. The average molecular weight is 368 g/mol. The molecule has 0 N–H and O–H groups in total. The van der Waals surface area contributed by atoms with Gasteiger partial charge in [-0.3, -0.25) is 0 Å². The normalized spacial score (nSPS) is 12.9. The molecule has 5 heterocycles. The summed E-state index contributed by atoms with van der Waals surface area (Å²) in [6.07, 6.45) is 5.43. The molecule has 0 atom stereocenters. The first kappa shape index (κ1) is 14.3. The quantitative estimate of drug-likeness (QED) is 0.309. The van der Waals surface area contributed by atoms with Gasteiger partial charge in [-0.1, -0.05) is 0 Å². The fraction of sp³-hybridized carbons (Fsp3) is 0.0870. The number of hydrogen-bond donors (Lipinski definition) is 0. The number of fused-ring (bicyclic) bond motifs is 7. The Morgan fingerprint density at radius 1 is 0.857 bits per heavy atom. The third kappa shape index (κ3) is 1.53. The molecule has 6 aromatic rings. The van der Waals surface area contributed by atoms with E-state index in [1.165, 1.54) is 0 Å². The molecule has 0 aliphatic carbocycles. The fourth-order valence-corrected chi connectivity index (χ4v) is 4.60. The molecular formula is C23H14NO4+. The summed E-state index contributed by atoms with van der Waals surface area (Å²) in [5.74, 6) is 2.20. The molecule has 1 aliphatic heterocycles. The van der Waals surface area contributed by atoms with Crippen molar-refractivity contribution in [2.45, 2.75) is 6.92 Å². The molecule has 5 heteroatoms. The van der Waals surface area contributed by atoms with Gasteiger partial charge in [-0.25, -0.2) is 4.57 Å². The van der Waals surface area contributed by atoms with E-state index in [2.05, 4.69) is 42.9 Å². The Balaban J connectivity index is 1.73. The first-order valence-electron chi connectivity index (χ1n) is 9.15. The Hall–Kier alpha value is -3.73. The Labute approximate surface area is 158 Å². The third-order valence-corrected chi connectivity index (χ3v) is 5.85. The number of pyridine rings is 1. The number of nitrogens with zero attached hydrogens (tertiary/aromatic N) is 1. The maximum atomic E-state index is 6.44. The number of aryl methyl sites for hydroxylation is 2. The molecule has 2 aromatic carbocycles. The highest BCUT2D eigenvalue weighted by Crippen LogP contribution is 2.50. The maximum Gasteiger partial charge on any atom is 0.298 e. The molecule has 0 radical (unpaired) electrons. The van der Waals surface area contributed by atoms with Gasteiger partial charge < -0.3 is 18.0 Å². The van der Waals surface area contributed by atoms with E-state index in [1.54, 1.807) is 12.5 Å². The first-order chi connectivity index (χ1) is 13.7. The van der Waals surface area contributed by atoms with Crippen molar-refractivity contribution < 1.29 is 22.6 Å². The van der Waals surface area contributed by atoms with Crippen LogP contribution in [0.2, 0.25) is 0 Å². The van der Waals surface area contributed by atoms with Gasteiger partial charge in [-0.2, -0.15) is 0 Å². The number of hydrogen-bond acceptors (Lipinski definition) is 4. The van der Waals surface area contributed by atoms with Gasteiger partial charge in [0.2, 0.25) is 5.69 Å². The molecule has 1 aliphatic rings. The lowest BCUT2D eigenvalue weighted by atomic mass is 9.93. The lowest BCUT2D eigenvalue weighted by Gasteiger charge is -2.20. The van der Waals surface area contributed by atoms with E-state index in [9.17, 15) is 0 Å². The van der Waals surface area contributed by atoms with Gasteiger partial charge in [0.15, 0.2) is 6.20 Å². The zero-order valence-corrected chi connectivity index (χ0v) is 15.2. The topological polar surface area (TPSA) is 52.5 Å². The highest BCUT2D eigenvalue weighted by atomic mass is 16.5. The smallest absolute Gasteiger partial charge is 0.298 e. The molecule has 0 unspecified atom stereocenters. The van der Waals surface area contributed by atoms with Crippen LogP contribution in [-0.2, 0) is 7.05 Å². The molecule has 28 heavy (non-hydrogen) atoms. The van der Waals surface area contributed by atoms with Crippen LogP contribution in [0.5, 0.6) is 11.5 Å². The molecule has 0 saturated heterocycles. The average Bonchev–Trinajstić information content (AvgIpc) is 3.39. The van der Waals surface area contributed by atoms with Crippen LogP contribution in [0.15, 0.2) is 62.3 Å². The molecule has 5 nitrogen and oxygen atoms in total.